The maximum absolute atomic E-state index is 13.9. The van der Waals surface area contributed by atoms with E-state index in [1.54, 1.807) is 68.4 Å². The quantitative estimate of drug-likeness (QED) is 0.352. The van der Waals surface area contributed by atoms with Crippen molar-refractivity contribution < 1.29 is 18.0 Å². The molecule has 3 aromatic rings. The summed E-state index contributed by atoms with van der Waals surface area (Å²) in [4.78, 5) is 28.0. The molecule has 3 aromatic carbocycles. The molecule has 0 fully saturated rings. The summed E-state index contributed by atoms with van der Waals surface area (Å²) in [5.41, 5.74) is 2.66. The molecule has 1 N–H and O–H groups in total. The Bertz CT molecular complexity index is 1390. The third-order valence-corrected chi connectivity index (χ3v) is 8.79. The molecular weight excluding hydrogens is 545 g/mol. The van der Waals surface area contributed by atoms with Crippen molar-refractivity contribution in [1.29, 1.82) is 0 Å². The Hall–Kier alpha value is -3.07. The number of nitrogens with one attached hydrogen (secondary N) is 1. The number of sulfonamides is 1. The molecule has 0 aromatic heterocycles. The van der Waals surface area contributed by atoms with E-state index in [1.165, 1.54) is 17.0 Å². The van der Waals surface area contributed by atoms with Crippen LogP contribution < -0.4 is 9.62 Å². The molecule has 0 aliphatic heterocycles. The standard InChI is InChI=1S/C28H31Cl2N3O4S/c1-5-31-28(35)21(4)32(17-24-25(29)12-9-13-26(24)30)27(34)18-33(22-15-14-19(2)20(3)16-22)38(36,37)23-10-7-6-8-11-23/h6-16,21H,5,17-18H2,1-4H3,(H,31,35)/t21-/m1/s1. The number of amides is 2. The number of carbonyl (C=O) groups is 2. The third-order valence-electron chi connectivity index (χ3n) is 6.30. The lowest BCUT2D eigenvalue weighted by Crippen LogP contribution is -2.51. The zero-order valence-electron chi connectivity index (χ0n) is 21.7. The number of hydrogen-bond acceptors (Lipinski definition) is 4. The maximum Gasteiger partial charge on any atom is 0.264 e. The van der Waals surface area contributed by atoms with Gasteiger partial charge in [-0.3, -0.25) is 13.9 Å². The van der Waals surface area contributed by atoms with Crippen molar-refractivity contribution >= 4 is 50.7 Å². The van der Waals surface area contributed by atoms with Crippen molar-refractivity contribution in [3.8, 4) is 0 Å². The Morgan fingerprint density at radius 1 is 0.921 bits per heavy atom. The second kappa shape index (κ2) is 12.7. The molecule has 38 heavy (non-hydrogen) atoms. The molecule has 202 valence electrons. The average molecular weight is 577 g/mol. The summed E-state index contributed by atoms with van der Waals surface area (Å²) in [7, 11) is -4.12. The fourth-order valence-corrected chi connectivity index (χ4v) is 5.83. The van der Waals surface area contributed by atoms with Crippen LogP contribution in [-0.2, 0) is 26.2 Å². The predicted molar refractivity (Wildman–Crippen MR) is 152 cm³/mol. The van der Waals surface area contributed by atoms with Gasteiger partial charge in [0.25, 0.3) is 10.0 Å². The predicted octanol–water partition coefficient (Wildman–Crippen LogP) is 5.36. The number of benzene rings is 3. The lowest BCUT2D eigenvalue weighted by atomic mass is 10.1. The fraction of sp³-hybridized carbons (Fsp3) is 0.286. The van der Waals surface area contributed by atoms with Gasteiger partial charge in [0, 0.05) is 28.7 Å². The summed E-state index contributed by atoms with van der Waals surface area (Å²) in [6, 6.07) is 17.2. The number of likely N-dealkylation sites (N-methyl/N-ethyl adjacent to an activating group) is 1. The number of anilines is 1. The van der Waals surface area contributed by atoms with Gasteiger partial charge in [0.1, 0.15) is 12.6 Å². The van der Waals surface area contributed by atoms with E-state index in [2.05, 4.69) is 5.32 Å². The molecule has 0 saturated carbocycles. The fourth-order valence-electron chi connectivity index (χ4n) is 3.89. The lowest BCUT2D eigenvalue weighted by Gasteiger charge is -2.32. The molecular formula is C28H31Cl2N3O4S. The number of halogens is 2. The third kappa shape index (κ3) is 6.67. The number of hydrogen-bond donors (Lipinski definition) is 1. The van der Waals surface area contributed by atoms with Crippen molar-refractivity contribution in [3.63, 3.8) is 0 Å². The van der Waals surface area contributed by atoms with Crippen molar-refractivity contribution in [2.75, 3.05) is 17.4 Å². The topological polar surface area (TPSA) is 86.8 Å². The molecule has 7 nitrogen and oxygen atoms in total. The Labute approximate surface area is 234 Å². The minimum Gasteiger partial charge on any atom is -0.355 e. The summed E-state index contributed by atoms with van der Waals surface area (Å²) >= 11 is 12.8. The summed E-state index contributed by atoms with van der Waals surface area (Å²) in [5, 5.41) is 3.39. The second-order valence-electron chi connectivity index (χ2n) is 8.89. The number of aryl methyl sites for hydroxylation is 2. The second-order valence-corrected chi connectivity index (χ2v) is 11.6. The molecule has 0 bridgehead atoms. The molecule has 0 spiro atoms. The Kier molecular flexibility index (Phi) is 9.82. The molecule has 10 heteroatoms. The van der Waals surface area contributed by atoms with E-state index in [0.717, 1.165) is 15.4 Å². The summed E-state index contributed by atoms with van der Waals surface area (Å²) < 4.78 is 28.7. The molecule has 0 aliphatic rings. The van der Waals surface area contributed by atoms with Crippen LogP contribution in [-0.4, -0.2) is 44.3 Å². The first-order valence-electron chi connectivity index (χ1n) is 12.1. The van der Waals surface area contributed by atoms with Gasteiger partial charge in [0.15, 0.2) is 0 Å². The van der Waals surface area contributed by atoms with Gasteiger partial charge in [-0.05, 0) is 75.2 Å². The van der Waals surface area contributed by atoms with Gasteiger partial charge in [-0.15, -0.1) is 0 Å². The minimum atomic E-state index is -4.12. The van der Waals surface area contributed by atoms with Crippen molar-refractivity contribution in [3.05, 3.63) is 93.5 Å². The zero-order chi connectivity index (χ0) is 28.0. The van der Waals surface area contributed by atoms with Crippen LogP contribution in [0.1, 0.15) is 30.5 Å². The summed E-state index contributed by atoms with van der Waals surface area (Å²) in [6.45, 7) is 6.90. The highest BCUT2D eigenvalue weighted by Crippen LogP contribution is 2.29. The van der Waals surface area contributed by atoms with Gasteiger partial charge in [0.05, 0.1) is 10.6 Å². The first-order chi connectivity index (χ1) is 18.0. The first-order valence-corrected chi connectivity index (χ1v) is 14.3. The highest BCUT2D eigenvalue weighted by molar-refractivity contribution is 7.92. The van der Waals surface area contributed by atoms with Gasteiger partial charge in [-0.2, -0.15) is 0 Å². The van der Waals surface area contributed by atoms with E-state index in [0.29, 0.717) is 27.8 Å². The van der Waals surface area contributed by atoms with Crippen molar-refractivity contribution in [2.45, 2.75) is 45.2 Å². The Morgan fingerprint density at radius 3 is 2.13 bits per heavy atom. The van der Waals surface area contributed by atoms with Crippen LogP contribution in [0.5, 0.6) is 0 Å². The zero-order valence-corrected chi connectivity index (χ0v) is 24.1. The van der Waals surface area contributed by atoms with E-state index < -0.39 is 28.5 Å². The number of carbonyl (C=O) groups excluding carboxylic acids is 2. The minimum absolute atomic E-state index is 0.0449. The largest absolute Gasteiger partial charge is 0.355 e. The van der Waals surface area contributed by atoms with Gasteiger partial charge >= 0.3 is 0 Å². The average Bonchev–Trinajstić information content (AvgIpc) is 2.89. The molecule has 0 saturated heterocycles. The summed E-state index contributed by atoms with van der Waals surface area (Å²) in [5.74, 6) is -0.967. The molecule has 0 unspecified atom stereocenters. The van der Waals surface area contributed by atoms with Crippen LogP contribution in [0.4, 0.5) is 5.69 Å². The monoisotopic (exact) mass is 575 g/mol. The van der Waals surface area contributed by atoms with Crippen LogP contribution in [0, 0.1) is 13.8 Å². The first kappa shape index (κ1) is 29.5. The van der Waals surface area contributed by atoms with Crippen LogP contribution >= 0.6 is 23.2 Å². The van der Waals surface area contributed by atoms with Gasteiger partial charge in [-0.25, -0.2) is 8.42 Å². The SMILES string of the molecule is CCNC(=O)[C@@H](C)N(Cc1c(Cl)cccc1Cl)C(=O)CN(c1ccc(C)c(C)c1)S(=O)(=O)c1ccccc1. The highest BCUT2D eigenvalue weighted by Gasteiger charge is 2.33. The van der Waals surface area contributed by atoms with Crippen LogP contribution in [0.2, 0.25) is 10.0 Å². The molecule has 2 amide bonds. The highest BCUT2D eigenvalue weighted by atomic mass is 35.5. The van der Waals surface area contributed by atoms with E-state index in [9.17, 15) is 18.0 Å². The van der Waals surface area contributed by atoms with E-state index in [-0.39, 0.29) is 17.3 Å². The van der Waals surface area contributed by atoms with Crippen LogP contribution in [0.15, 0.2) is 71.6 Å². The molecule has 0 radical (unpaired) electrons. The maximum atomic E-state index is 13.9. The Balaban J connectivity index is 2.08. The normalized spacial score (nSPS) is 12.1. The Morgan fingerprint density at radius 2 is 1.55 bits per heavy atom. The summed E-state index contributed by atoms with van der Waals surface area (Å²) in [6.07, 6.45) is 0. The molecule has 3 rings (SSSR count). The van der Waals surface area contributed by atoms with E-state index in [4.69, 9.17) is 23.2 Å². The van der Waals surface area contributed by atoms with Gasteiger partial charge in [0.2, 0.25) is 11.8 Å². The molecule has 0 heterocycles. The molecule has 0 aliphatic carbocycles. The smallest absolute Gasteiger partial charge is 0.264 e. The van der Waals surface area contributed by atoms with Crippen molar-refractivity contribution in [2.24, 2.45) is 0 Å². The van der Waals surface area contributed by atoms with Gasteiger partial charge in [-0.1, -0.05) is 53.5 Å². The van der Waals surface area contributed by atoms with Crippen LogP contribution in [0.25, 0.3) is 0 Å². The van der Waals surface area contributed by atoms with Crippen LogP contribution in [0.3, 0.4) is 0 Å². The van der Waals surface area contributed by atoms with E-state index >= 15 is 0 Å². The number of nitrogens with zero attached hydrogens (tertiary/aromatic N) is 2. The lowest BCUT2D eigenvalue weighted by molar-refractivity contribution is -0.139. The molecule has 1 atom stereocenters. The van der Waals surface area contributed by atoms with Gasteiger partial charge < -0.3 is 10.2 Å². The van der Waals surface area contributed by atoms with E-state index in [1.807, 2.05) is 13.8 Å². The van der Waals surface area contributed by atoms with Crippen molar-refractivity contribution in [1.82, 2.24) is 10.2 Å². The number of rotatable bonds is 10.